The first-order valence-corrected chi connectivity index (χ1v) is 5.49. The molecule has 1 fully saturated rings. The molecule has 2 nitrogen and oxygen atoms in total. The zero-order valence-electron chi connectivity index (χ0n) is 9.01. The van der Waals surface area contributed by atoms with Crippen molar-refractivity contribution in [2.24, 2.45) is 11.7 Å². The summed E-state index contributed by atoms with van der Waals surface area (Å²) in [5.41, 5.74) is 6.30. The summed E-state index contributed by atoms with van der Waals surface area (Å²) in [7, 11) is 0. The second-order valence-electron chi connectivity index (χ2n) is 4.79. The van der Waals surface area contributed by atoms with Crippen molar-refractivity contribution < 1.29 is 4.74 Å². The molecular weight excluding hydrogens is 162 g/mol. The molecule has 1 aliphatic carbocycles. The molecule has 0 unspecified atom stereocenters. The Kier molecular flexibility index (Phi) is 4.20. The maximum Gasteiger partial charge on any atom is 0.0489 e. The van der Waals surface area contributed by atoms with E-state index in [1.165, 1.54) is 25.7 Å². The van der Waals surface area contributed by atoms with Crippen LogP contribution in [0, 0.1) is 5.92 Å². The van der Waals surface area contributed by atoms with Gasteiger partial charge in [0, 0.05) is 18.8 Å². The molecule has 0 bridgehead atoms. The minimum atomic E-state index is 0.108. The zero-order chi connectivity index (χ0) is 9.73. The Morgan fingerprint density at radius 3 is 2.46 bits per heavy atom. The van der Waals surface area contributed by atoms with Crippen molar-refractivity contribution in [2.75, 3.05) is 13.2 Å². The largest absolute Gasteiger partial charge is 0.381 e. The van der Waals surface area contributed by atoms with Gasteiger partial charge in [0.15, 0.2) is 0 Å². The fraction of sp³-hybridized carbons (Fsp3) is 1.00. The highest BCUT2D eigenvalue weighted by atomic mass is 16.5. The van der Waals surface area contributed by atoms with Crippen LogP contribution < -0.4 is 5.73 Å². The van der Waals surface area contributed by atoms with E-state index >= 15 is 0 Å². The molecule has 2 heteroatoms. The van der Waals surface area contributed by atoms with E-state index in [0.29, 0.717) is 5.92 Å². The second-order valence-corrected chi connectivity index (χ2v) is 4.79. The van der Waals surface area contributed by atoms with Gasteiger partial charge >= 0.3 is 0 Å². The van der Waals surface area contributed by atoms with Crippen LogP contribution in [0.15, 0.2) is 0 Å². The summed E-state index contributed by atoms with van der Waals surface area (Å²) in [6.07, 6.45) is 6.04. The van der Waals surface area contributed by atoms with E-state index in [9.17, 15) is 0 Å². The summed E-state index contributed by atoms with van der Waals surface area (Å²) >= 11 is 0. The highest BCUT2D eigenvalue weighted by Gasteiger charge is 2.28. The minimum Gasteiger partial charge on any atom is -0.381 e. The third-order valence-electron chi connectivity index (χ3n) is 2.79. The summed E-state index contributed by atoms with van der Waals surface area (Å²) in [5.74, 6) is 0.636. The highest BCUT2D eigenvalue weighted by molar-refractivity contribution is 4.88. The van der Waals surface area contributed by atoms with Gasteiger partial charge in [-0.1, -0.05) is 26.7 Å². The summed E-state index contributed by atoms with van der Waals surface area (Å²) < 4.78 is 5.54. The molecule has 2 N–H and O–H groups in total. The number of rotatable bonds is 5. The SMILES string of the molecule is CC(C)COCCC1(N)CCCC1. The van der Waals surface area contributed by atoms with Gasteiger partial charge in [-0.25, -0.2) is 0 Å². The quantitative estimate of drug-likeness (QED) is 0.667. The molecule has 0 atom stereocenters. The number of ether oxygens (including phenoxy) is 1. The van der Waals surface area contributed by atoms with Crippen molar-refractivity contribution in [3.05, 3.63) is 0 Å². The molecular formula is C11H23NO. The number of hydrogen-bond donors (Lipinski definition) is 1. The van der Waals surface area contributed by atoms with E-state index in [1.54, 1.807) is 0 Å². The molecule has 1 rings (SSSR count). The van der Waals surface area contributed by atoms with Crippen LogP contribution >= 0.6 is 0 Å². The summed E-state index contributed by atoms with van der Waals surface area (Å²) in [4.78, 5) is 0. The summed E-state index contributed by atoms with van der Waals surface area (Å²) in [5, 5.41) is 0. The van der Waals surface area contributed by atoms with Crippen LogP contribution in [0.25, 0.3) is 0 Å². The van der Waals surface area contributed by atoms with Crippen molar-refractivity contribution in [1.29, 1.82) is 0 Å². The summed E-state index contributed by atoms with van der Waals surface area (Å²) in [6, 6.07) is 0. The molecule has 1 saturated carbocycles. The van der Waals surface area contributed by atoms with Crippen LogP contribution in [0.2, 0.25) is 0 Å². The predicted molar refractivity (Wildman–Crippen MR) is 55.7 cm³/mol. The van der Waals surface area contributed by atoms with Crippen LogP contribution in [0.4, 0.5) is 0 Å². The first-order chi connectivity index (χ1) is 6.12. The molecule has 0 aromatic heterocycles. The van der Waals surface area contributed by atoms with E-state index in [0.717, 1.165) is 19.6 Å². The molecule has 0 radical (unpaired) electrons. The van der Waals surface area contributed by atoms with Gasteiger partial charge in [-0.15, -0.1) is 0 Å². The normalized spacial score (nSPS) is 21.2. The van der Waals surface area contributed by atoms with Crippen molar-refractivity contribution in [1.82, 2.24) is 0 Å². The smallest absolute Gasteiger partial charge is 0.0489 e. The molecule has 1 aliphatic rings. The Bertz CT molecular complexity index is 139. The first kappa shape index (κ1) is 11.0. The molecule has 0 saturated heterocycles. The van der Waals surface area contributed by atoms with Crippen molar-refractivity contribution in [3.63, 3.8) is 0 Å². The standard InChI is InChI=1S/C11H23NO/c1-10(2)9-13-8-7-11(12)5-3-4-6-11/h10H,3-9,12H2,1-2H3. The lowest BCUT2D eigenvalue weighted by Gasteiger charge is -2.23. The average molecular weight is 185 g/mol. The summed E-state index contributed by atoms with van der Waals surface area (Å²) in [6.45, 7) is 6.06. The molecule has 0 amide bonds. The minimum absolute atomic E-state index is 0.108. The van der Waals surface area contributed by atoms with Gasteiger partial charge in [-0.05, 0) is 25.2 Å². The van der Waals surface area contributed by atoms with Crippen LogP contribution in [0.5, 0.6) is 0 Å². The predicted octanol–water partition coefficient (Wildman–Crippen LogP) is 2.32. The Morgan fingerprint density at radius 2 is 1.92 bits per heavy atom. The maximum atomic E-state index is 6.20. The van der Waals surface area contributed by atoms with E-state index in [-0.39, 0.29) is 5.54 Å². The Balaban J connectivity index is 2.04. The molecule has 0 heterocycles. The third-order valence-corrected chi connectivity index (χ3v) is 2.79. The first-order valence-electron chi connectivity index (χ1n) is 5.49. The van der Waals surface area contributed by atoms with Gasteiger partial charge in [0.2, 0.25) is 0 Å². The van der Waals surface area contributed by atoms with Crippen LogP contribution in [-0.4, -0.2) is 18.8 Å². The lowest BCUT2D eigenvalue weighted by molar-refractivity contribution is 0.0937. The van der Waals surface area contributed by atoms with Crippen LogP contribution in [0.1, 0.15) is 46.0 Å². The Labute approximate surface area is 81.8 Å². The third kappa shape index (κ3) is 4.10. The van der Waals surface area contributed by atoms with E-state index in [2.05, 4.69) is 13.8 Å². The van der Waals surface area contributed by atoms with Crippen LogP contribution in [-0.2, 0) is 4.74 Å². The zero-order valence-corrected chi connectivity index (χ0v) is 9.01. The van der Waals surface area contributed by atoms with Gasteiger partial charge in [0.1, 0.15) is 0 Å². The van der Waals surface area contributed by atoms with Crippen LogP contribution in [0.3, 0.4) is 0 Å². The molecule has 0 spiro atoms. The Morgan fingerprint density at radius 1 is 1.31 bits per heavy atom. The molecule has 13 heavy (non-hydrogen) atoms. The van der Waals surface area contributed by atoms with Crippen molar-refractivity contribution >= 4 is 0 Å². The van der Waals surface area contributed by atoms with Gasteiger partial charge in [-0.3, -0.25) is 0 Å². The van der Waals surface area contributed by atoms with Gasteiger partial charge in [0.05, 0.1) is 0 Å². The average Bonchev–Trinajstić information content (AvgIpc) is 2.47. The van der Waals surface area contributed by atoms with Gasteiger partial charge in [-0.2, -0.15) is 0 Å². The molecule has 78 valence electrons. The van der Waals surface area contributed by atoms with Crippen molar-refractivity contribution in [3.8, 4) is 0 Å². The fourth-order valence-corrected chi connectivity index (χ4v) is 1.92. The van der Waals surface area contributed by atoms with E-state index in [1.807, 2.05) is 0 Å². The number of hydrogen-bond acceptors (Lipinski definition) is 2. The van der Waals surface area contributed by atoms with Crippen molar-refractivity contribution in [2.45, 2.75) is 51.5 Å². The number of nitrogens with two attached hydrogens (primary N) is 1. The lowest BCUT2D eigenvalue weighted by atomic mass is 9.95. The van der Waals surface area contributed by atoms with E-state index in [4.69, 9.17) is 10.5 Å². The lowest BCUT2D eigenvalue weighted by Crippen LogP contribution is -2.37. The highest BCUT2D eigenvalue weighted by Crippen LogP contribution is 2.29. The molecule has 0 aromatic rings. The van der Waals surface area contributed by atoms with E-state index < -0.39 is 0 Å². The monoisotopic (exact) mass is 185 g/mol. The molecule has 0 aliphatic heterocycles. The fourth-order valence-electron chi connectivity index (χ4n) is 1.92. The van der Waals surface area contributed by atoms with Gasteiger partial charge < -0.3 is 10.5 Å². The van der Waals surface area contributed by atoms with Gasteiger partial charge in [0.25, 0.3) is 0 Å². The maximum absolute atomic E-state index is 6.20. The Hall–Kier alpha value is -0.0800. The molecule has 0 aromatic carbocycles. The topological polar surface area (TPSA) is 35.2 Å². The second kappa shape index (κ2) is 4.97.